The van der Waals surface area contributed by atoms with Gasteiger partial charge in [0.25, 0.3) is 0 Å². The summed E-state index contributed by atoms with van der Waals surface area (Å²) in [6.45, 7) is 5.73. The minimum absolute atomic E-state index is 0.696. The molecule has 0 spiro atoms. The summed E-state index contributed by atoms with van der Waals surface area (Å²) in [5, 5.41) is 8.08. The Labute approximate surface area is 159 Å². The minimum Gasteiger partial charge on any atom is -0.494 e. The molecule has 138 valence electrons. The molecule has 1 heterocycles. The van der Waals surface area contributed by atoms with E-state index in [0.29, 0.717) is 6.61 Å². The summed E-state index contributed by atoms with van der Waals surface area (Å²) in [6, 6.07) is 16.7. The molecule has 0 fully saturated rings. The molecule has 0 saturated carbocycles. The van der Waals surface area contributed by atoms with Crippen LogP contribution >= 0.6 is 11.5 Å². The van der Waals surface area contributed by atoms with Crippen LogP contribution in [-0.2, 0) is 6.54 Å². The van der Waals surface area contributed by atoms with Crippen molar-refractivity contribution in [2.75, 3.05) is 25.0 Å². The van der Waals surface area contributed by atoms with Crippen molar-refractivity contribution in [1.29, 1.82) is 0 Å². The molecule has 0 amide bonds. The molecular formula is C21H27N3OS. The van der Waals surface area contributed by atoms with Crippen LogP contribution in [0.4, 0.5) is 5.82 Å². The quantitative estimate of drug-likeness (QED) is 0.463. The highest BCUT2D eigenvalue weighted by Crippen LogP contribution is 2.25. The lowest BCUT2D eigenvalue weighted by atomic mass is 10.2. The fourth-order valence-electron chi connectivity index (χ4n) is 2.76. The summed E-state index contributed by atoms with van der Waals surface area (Å²) in [4.78, 5) is 0. The van der Waals surface area contributed by atoms with E-state index in [1.54, 1.807) is 0 Å². The van der Waals surface area contributed by atoms with Crippen molar-refractivity contribution >= 4 is 27.4 Å². The lowest BCUT2D eigenvalue weighted by Gasteiger charge is -2.09. The second-order valence-electron chi connectivity index (χ2n) is 6.33. The zero-order valence-corrected chi connectivity index (χ0v) is 16.1. The third kappa shape index (κ3) is 5.44. The lowest BCUT2D eigenvalue weighted by Crippen LogP contribution is -2.14. The summed E-state index contributed by atoms with van der Waals surface area (Å²) in [5.74, 6) is 1.92. The highest BCUT2D eigenvalue weighted by Gasteiger charge is 2.04. The number of hydrogen-bond acceptors (Lipinski definition) is 5. The predicted octanol–water partition coefficient (Wildman–Crippen LogP) is 5.07. The smallest absolute Gasteiger partial charge is 0.147 e. The first kappa shape index (κ1) is 18.7. The fraction of sp³-hybridized carbons (Fsp3) is 0.381. The highest BCUT2D eigenvalue weighted by atomic mass is 32.1. The van der Waals surface area contributed by atoms with Crippen molar-refractivity contribution in [3.05, 3.63) is 54.1 Å². The van der Waals surface area contributed by atoms with Crippen LogP contribution in [0.5, 0.6) is 5.75 Å². The van der Waals surface area contributed by atoms with Gasteiger partial charge in [-0.05, 0) is 60.7 Å². The molecule has 0 aliphatic heterocycles. The monoisotopic (exact) mass is 369 g/mol. The Morgan fingerprint density at radius 3 is 2.88 bits per heavy atom. The summed E-state index contributed by atoms with van der Waals surface area (Å²) in [5.41, 5.74) is 1.27. The molecule has 26 heavy (non-hydrogen) atoms. The van der Waals surface area contributed by atoms with E-state index in [1.807, 2.05) is 12.1 Å². The second-order valence-corrected chi connectivity index (χ2v) is 7.14. The van der Waals surface area contributed by atoms with Gasteiger partial charge in [-0.3, -0.25) is 0 Å². The zero-order valence-electron chi connectivity index (χ0n) is 15.3. The number of nitrogens with one attached hydrogen (secondary N) is 2. The van der Waals surface area contributed by atoms with Crippen LogP contribution in [0.2, 0.25) is 0 Å². The van der Waals surface area contributed by atoms with Gasteiger partial charge in [0.2, 0.25) is 0 Å². The molecule has 0 radical (unpaired) electrons. The Balaban J connectivity index is 1.38. The van der Waals surface area contributed by atoms with E-state index < -0.39 is 0 Å². The van der Waals surface area contributed by atoms with Crippen LogP contribution in [0.3, 0.4) is 0 Å². The largest absolute Gasteiger partial charge is 0.494 e. The van der Waals surface area contributed by atoms with Gasteiger partial charge in [-0.2, -0.15) is 4.37 Å². The maximum absolute atomic E-state index is 5.90. The van der Waals surface area contributed by atoms with Gasteiger partial charge >= 0.3 is 0 Å². The van der Waals surface area contributed by atoms with E-state index >= 15 is 0 Å². The first-order valence-corrected chi connectivity index (χ1v) is 10.1. The number of ether oxygens (including phenoxy) is 1. The molecule has 5 heteroatoms. The molecule has 0 aliphatic rings. The minimum atomic E-state index is 0.696. The molecule has 3 rings (SSSR count). The second kappa shape index (κ2) is 10.1. The Kier molecular flexibility index (Phi) is 7.28. The maximum atomic E-state index is 5.90. The Hall–Kier alpha value is -2.11. The van der Waals surface area contributed by atoms with E-state index in [4.69, 9.17) is 4.74 Å². The SMILES string of the molecule is CCCCNCc1cccc(OCCCNc2nsc3ccccc23)c1. The summed E-state index contributed by atoms with van der Waals surface area (Å²) < 4.78 is 11.6. The average Bonchev–Trinajstić information content (AvgIpc) is 3.09. The van der Waals surface area contributed by atoms with Crippen molar-refractivity contribution < 1.29 is 4.74 Å². The van der Waals surface area contributed by atoms with Gasteiger partial charge in [-0.25, -0.2) is 0 Å². The fourth-order valence-corrected chi connectivity index (χ4v) is 3.52. The van der Waals surface area contributed by atoms with Crippen molar-refractivity contribution in [2.24, 2.45) is 0 Å². The van der Waals surface area contributed by atoms with Crippen LogP contribution in [0.25, 0.3) is 10.1 Å². The van der Waals surface area contributed by atoms with Gasteiger partial charge in [-0.15, -0.1) is 0 Å². The number of unbranched alkanes of at least 4 members (excludes halogenated alkanes) is 1. The van der Waals surface area contributed by atoms with Gasteiger partial charge in [0.15, 0.2) is 0 Å². The average molecular weight is 370 g/mol. The molecule has 0 aliphatic carbocycles. The van der Waals surface area contributed by atoms with Gasteiger partial charge in [0.1, 0.15) is 11.6 Å². The number of hydrogen-bond donors (Lipinski definition) is 2. The number of nitrogens with zero attached hydrogens (tertiary/aromatic N) is 1. The van der Waals surface area contributed by atoms with E-state index in [2.05, 4.69) is 58.3 Å². The van der Waals surface area contributed by atoms with Crippen LogP contribution in [0.15, 0.2) is 48.5 Å². The molecule has 0 unspecified atom stereocenters. The molecule has 2 aromatic carbocycles. The molecule has 0 atom stereocenters. The zero-order chi connectivity index (χ0) is 18.0. The normalized spacial score (nSPS) is 11.0. The van der Waals surface area contributed by atoms with Gasteiger partial charge < -0.3 is 15.4 Å². The molecule has 3 aromatic rings. The number of rotatable bonds is 11. The van der Waals surface area contributed by atoms with Crippen LogP contribution < -0.4 is 15.4 Å². The van der Waals surface area contributed by atoms with Crippen molar-refractivity contribution in [2.45, 2.75) is 32.7 Å². The van der Waals surface area contributed by atoms with Crippen LogP contribution in [0.1, 0.15) is 31.7 Å². The predicted molar refractivity (Wildman–Crippen MR) is 111 cm³/mol. The van der Waals surface area contributed by atoms with E-state index in [1.165, 1.54) is 40.0 Å². The van der Waals surface area contributed by atoms with Gasteiger partial charge in [0.05, 0.1) is 11.3 Å². The van der Waals surface area contributed by atoms with Gasteiger partial charge in [-0.1, -0.05) is 37.6 Å². The van der Waals surface area contributed by atoms with E-state index in [0.717, 1.165) is 37.6 Å². The summed E-state index contributed by atoms with van der Waals surface area (Å²) in [6.07, 6.45) is 3.38. The number of anilines is 1. The van der Waals surface area contributed by atoms with Crippen molar-refractivity contribution in [3.63, 3.8) is 0 Å². The van der Waals surface area contributed by atoms with E-state index in [-0.39, 0.29) is 0 Å². The topological polar surface area (TPSA) is 46.2 Å². The Morgan fingerprint density at radius 1 is 1.04 bits per heavy atom. The lowest BCUT2D eigenvalue weighted by molar-refractivity contribution is 0.314. The van der Waals surface area contributed by atoms with E-state index in [9.17, 15) is 0 Å². The molecule has 1 aromatic heterocycles. The Morgan fingerprint density at radius 2 is 1.96 bits per heavy atom. The molecule has 0 saturated heterocycles. The third-order valence-electron chi connectivity index (χ3n) is 4.19. The third-order valence-corrected chi connectivity index (χ3v) is 5.02. The summed E-state index contributed by atoms with van der Waals surface area (Å²) in [7, 11) is 0. The number of aromatic nitrogens is 1. The van der Waals surface area contributed by atoms with Crippen molar-refractivity contribution in [3.8, 4) is 5.75 Å². The Bertz CT molecular complexity index is 803. The molecule has 2 N–H and O–H groups in total. The highest BCUT2D eigenvalue weighted by molar-refractivity contribution is 7.13. The number of benzene rings is 2. The molecule has 0 bridgehead atoms. The number of fused-ring (bicyclic) bond motifs is 1. The van der Waals surface area contributed by atoms with Gasteiger partial charge in [0, 0.05) is 18.5 Å². The van der Waals surface area contributed by atoms with Crippen LogP contribution in [0, 0.1) is 0 Å². The first-order valence-electron chi connectivity index (χ1n) is 9.37. The van der Waals surface area contributed by atoms with Crippen molar-refractivity contribution in [1.82, 2.24) is 9.69 Å². The summed E-state index contributed by atoms with van der Waals surface area (Å²) >= 11 is 1.54. The molecular weight excluding hydrogens is 342 g/mol. The first-order chi connectivity index (χ1) is 12.9. The molecule has 4 nitrogen and oxygen atoms in total. The van der Waals surface area contributed by atoms with Crippen LogP contribution in [-0.4, -0.2) is 24.1 Å². The standard InChI is InChI=1S/C21H27N3OS/c1-2-3-12-22-16-17-8-6-9-18(15-17)25-14-7-13-23-21-19-10-4-5-11-20(19)26-24-21/h4-6,8-11,15,22H,2-3,7,12-14,16H2,1H3,(H,23,24). The maximum Gasteiger partial charge on any atom is 0.147 e.